The van der Waals surface area contributed by atoms with Crippen LogP contribution < -0.4 is 0 Å². The first-order chi connectivity index (χ1) is 8.66. The van der Waals surface area contributed by atoms with E-state index in [0.29, 0.717) is 10.8 Å². The lowest BCUT2D eigenvalue weighted by Gasteiger charge is -2.06. The minimum atomic E-state index is 0.406. The smallest absolute Gasteiger partial charge is 0.198 e. The monoisotopic (exact) mass is 278 g/mol. The van der Waals surface area contributed by atoms with Crippen molar-refractivity contribution in [3.8, 4) is 0 Å². The van der Waals surface area contributed by atoms with Gasteiger partial charge in [-0.05, 0) is 25.3 Å². The zero-order valence-electron chi connectivity index (χ0n) is 10.0. The molecular formula is C12H11ClN4S. The summed E-state index contributed by atoms with van der Waals surface area (Å²) in [4.78, 5) is 5.51. The number of hydrogen-bond acceptors (Lipinski definition) is 4. The van der Waals surface area contributed by atoms with Crippen LogP contribution in [0, 0.1) is 13.8 Å². The highest BCUT2D eigenvalue weighted by Gasteiger charge is 2.14. The number of hydrogen-bond donors (Lipinski definition) is 0. The molecule has 0 aromatic carbocycles. The maximum absolute atomic E-state index is 6.10. The van der Waals surface area contributed by atoms with Crippen molar-refractivity contribution >= 4 is 28.6 Å². The van der Waals surface area contributed by atoms with E-state index >= 15 is 0 Å². The highest BCUT2D eigenvalue weighted by Crippen LogP contribution is 2.20. The van der Waals surface area contributed by atoms with Crippen LogP contribution in [0.25, 0.3) is 5.65 Å². The Morgan fingerprint density at radius 3 is 2.89 bits per heavy atom. The molecule has 0 saturated carbocycles. The van der Waals surface area contributed by atoms with E-state index < -0.39 is 0 Å². The van der Waals surface area contributed by atoms with Gasteiger partial charge in [-0.1, -0.05) is 17.7 Å². The molecule has 3 heterocycles. The Hall–Kier alpha value is -1.46. The summed E-state index contributed by atoms with van der Waals surface area (Å²) in [5, 5.41) is 10.8. The fourth-order valence-electron chi connectivity index (χ4n) is 1.93. The standard InChI is InChI=1S/C12H11ClN4S/c1-7-8(2)17-10(6-9-4-3-5-18-9)15-16-12(17)11(13)14-7/h3-5H,6H2,1-2H3. The van der Waals surface area contributed by atoms with Crippen molar-refractivity contribution in [2.24, 2.45) is 0 Å². The summed E-state index contributed by atoms with van der Waals surface area (Å²) in [5.74, 6) is 0.900. The summed E-state index contributed by atoms with van der Waals surface area (Å²) in [6.07, 6.45) is 0.763. The molecule has 0 amide bonds. The lowest BCUT2D eigenvalue weighted by Crippen LogP contribution is -2.03. The first kappa shape index (κ1) is 11.6. The molecule has 92 valence electrons. The Kier molecular flexibility index (Phi) is 2.80. The summed E-state index contributed by atoms with van der Waals surface area (Å²) in [5.41, 5.74) is 2.57. The van der Waals surface area contributed by atoms with E-state index in [2.05, 4.69) is 26.6 Å². The Labute approximate surface area is 113 Å². The molecule has 0 fully saturated rings. The first-order valence-electron chi connectivity index (χ1n) is 5.56. The van der Waals surface area contributed by atoms with Gasteiger partial charge < -0.3 is 0 Å². The van der Waals surface area contributed by atoms with Crippen molar-refractivity contribution < 1.29 is 0 Å². The number of halogens is 1. The van der Waals surface area contributed by atoms with E-state index in [4.69, 9.17) is 11.6 Å². The third-order valence-corrected chi connectivity index (χ3v) is 4.08. The van der Waals surface area contributed by atoms with Gasteiger partial charge in [0, 0.05) is 17.0 Å². The van der Waals surface area contributed by atoms with Gasteiger partial charge in [0.1, 0.15) is 5.82 Å². The summed E-state index contributed by atoms with van der Waals surface area (Å²) in [6.45, 7) is 3.95. The van der Waals surface area contributed by atoms with E-state index in [1.165, 1.54) is 4.88 Å². The molecule has 0 aliphatic rings. The number of thiophene rings is 1. The maximum Gasteiger partial charge on any atom is 0.198 e. The predicted molar refractivity (Wildman–Crippen MR) is 72.4 cm³/mol. The summed E-state index contributed by atoms with van der Waals surface area (Å²) < 4.78 is 1.99. The summed E-state index contributed by atoms with van der Waals surface area (Å²) in [6, 6.07) is 4.13. The van der Waals surface area contributed by atoms with Crippen LogP contribution in [0.1, 0.15) is 22.1 Å². The van der Waals surface area contributed by atoms with E-state index in [-0.39, 0.29) is 0 Å². The minimum Gasteiger partial charge on any atom is -0.279 e. The van der Waals surface area contributed by atoms with Gasteiger partial charge >= 0.3 is 0 Å². The van der Waals surface area contributed by atoms with Crippen molar-refractivity contribution in [3.63, 3.8) is 0 Å². The topological polar surface area (TPSA) is 43.1 Å². The number of fused-ring (bicyclic) bond motifs is 1. The number of aryl methyl sites for hydroxylation is 2. The minimum absolute atomic E-state index is 0.406. The fourth-order valence-corrected chi connectivity index (χ4v) is 2.88. The van der Waals surface area contributed by atoms with E-state index in [1.807, 2.05) is 24.3 Å². The molecule has 0 spiro atoms. The Bertz CT molecular complexity index is 703. The van der Waals surface area contributed by atoms with Gasteiger partial charge in [0.05, 0.1) is 5.69 Å². The average molecular weight is 279 g/mol. The summed E-state index contributed by atoms with van der Waals surface area (Å²) >= 11 is 7.81. The van der Waals surface area contributed by atoms with Crippen LogP contribution in [0.15, 0.2) is 17.5 Å². The van der Waals surface area contributed by atoms with Crippen LogP contribution >= 0.6 is 22.9 Å². The molecule has 0 bridgehead atoms. The quantitative estimate of drug-likeness (QED) is 0.724. The zero-order chi connectivity index (χ0) is 12.7. The van der Waals surface area contributed by atoms with E-state index in [1.54, 1.807) is 11.3 Å². The number of nitrogens with zero attached hydrogens (tertiary/aromatic N) is 4. The van der Waals surface area contributed by atoms with Crippen molar-refractivity contribution in [2.75, 3.05) is 0 Å². The van der Waals surface area contributed by atoms with E-state index in [0.717, 1.165) is 23.6 Å². The second-order valence-electron chi connectivity index (χ2n) is 4.10. The van der Waals surface area contributed by atoms with Crippen LogP contribution in [0.2, 0.25) is 5.15 Å². The molecule has 0 N–H and O–H groups in total. The lowest BCUT2D eigenvalue weighted by atomic mass is 10.3. The third kappa shape index (κ3) is 1.79. The zero-order valence-corrected chi connectivity index (χ0v) is 11.6. The number of rotatable bonds is 2. The Morgan fingerprint density at radius 1 is 1.33 bits per heavy atom. The van der Waals surface area contributed by atoms with Gasteiger partial charge in [0.25, 0.3) is 0 Å². The second kappa shape index (κ2) is 4.33. The molecule has 6 heteroatoms. The average Bonchev–Trinajstić information content (AvgIpc) is 2.96. The maximum atomic E-state index is 6.10. The molecule has 3 aromatic heterocycles. The normalized spacial score (nSPS) is 11.3. The van der Waals surface area contributed by atoms with E-state index in [9.17, 15) is 0 Å². The van der Waals surface area contributed by atoms with Gasteiger partial charge in [-0.2, -0.15) is 0 Å². The van der Waals surface area contributed by atoms with Crippen molar-refractivity contribution in [1.82, 2.24) is 19.6 Å². The third-order valence-electron chi connectivity index (χ3n) is 2.95. The van der Waals surface area contributed by atoms with Gasteiger partial charge in [-0.25, -0.2) is 4.98 Å². The molecule has 3 aromatic rings. The van der Waals surface area contributed by atoms with Gasteiger partial charge in [0.15, 0.2) is 10.8 Å². The first-order valence-corrected chi connectivity index (χ1v) is 6.81. The molecule has 3 rings (SSSR count). The molecule has 0 aliphatic carbocycles. The van der Waals surface area contributed by atoms with Gasteiger partial charge in [-0.3, -0.25) is 4.40 Å². The highest BCUT2D eigenvalue weighted by atomic mass is 35.5. The van der Waals surface area contributed by atoms with Crippen LogP contribution in [0.4, 0.5) is 0 Å². The molecular weight excluding hydrogens is 268 g/mol. The molecule has 0 unspecified atom stereocenters. The Morgan fingerprint density at radius 2 is 2.17 bits per heavy atom. The van der Waals surface area contributed by atoms with Crippen molar-refractivity contribution in [2.45, 2.75) is 20.3 Å². The molecule has 18 heavy (non-hydrogen) atoms. The van der Waals surface area contributed by atoms with Crippen LogP contribution in [0.3, 0.4) is 0 Å². The molecule has 0 saturated heterocycles. The SMILES string of the molecule is Cc1nc(Cl)c2nnc(Cc3cccs3)n2c1C. The van der Waals surface area contributed by atoms with Crippen LogP contribution in [-0.2, 0) is 6.42 Å². The number of aromatic nitrogens is 4. The molecule has 4 nitrogen and oxygen atoms in total. The second-order valence-corrected chi connectivity index (χ2v) is 5.50. The van der Waals surface area contributed by atoms with Gasteiger partial charge in [-0.15, -0.1) is 21.5 Å². The van der Waals surface area contributed by atoms with Crippen LogP contribution in [-0.4, -0.2) is 19.6 Å². The largest absolute Gasteiger partial charge is 0.279 e. The van der Waals surface area contributed by atoms with Gasteiger partial charge in [0.2, 0.25) is 0 Å². The van der Waals surface area contributed by atoms with Crippen molar-refractivity contribution in [3.05, 3.63) is 44.8 Å². The highest BCUT2D eigenvalue weighted by molar-refractivity contribution is 7.09. The van der Waals surface area contributed by atoms with Crippen LogP contribution in [0.5, 0.6) is 0 Å². The Balaban J connectivity index is 2.19. The lowest BCUT2D eigenvalue weighted by molar-refractivity contribution is 0.903. The molecule has 0 radical (unpaired) electrons. The predicted octanol–water partition coefficient (Wildman–Crippen LogP) is 3.05. The molecule has 0 aliphatic heterocycles. The molecule has 0 atom stereocenters. The fraction of sp³-hybridized carbons (Fsp3) is 0.250. The summed E-state index contributed by atoms with van der Waals surface area (Å²) in [7, 11) is 0. The van der Waals surface area contributed by atoms with Crippen molar-refractivity contribution in [1.29, 1.82) is 0 Å².